The minimum atomic E-state index is -0.530. The van der Waals surface area contributed by atoms with E-state index in [-0.39, 0.29) is 23.2 Å². The summed E-state index contributed by atoms with van der Waals surface area (Å²) in [5.74, 6) is 0.279. The number of carbonyl (C=O) groups excluding carboxylic acids is 1. The number of nitrogens with one attached hydrogen (secondary N) is 1. The van der Waals surface area contributed by atoms with Gasteiger partial charge in [-0.1, -0.05) is 6.92 Å². The van der Waals surface area contributed by atoms with E-state index in [4.69, 9.17) is 11.6 Å². The van der Waals surface area contributed by atoms with Crippen LogP contribution in [0.15, 0.2) is 12.3 Å². The molecule has 0 radical (unpaired) electrons. The Bertz CT molecular complexity index is 430. The largest absolute Gasteiger partial charge is 0.350 e. The first kappa shape index (κ1) is 13.5. The predicted molar refractivity (Wildman–Crippen MR) is 64.3 cm³/mol. The molecule has 0 bridgehead atoms. The highest BCUT2D eigenvalue weighted by molar-refractivity contribution is 6.18. The Morgan fingerprint density at radius 2 is 2.35 bits per heavy atom. The van der Waals surface area contributed by atoms with E-state index in [2.05, 4.69) is 5.32 Å². The van der Waals surface area contributed by atoms with Gasteiger partial charge in [-0.05, 0) is 5.92 Å². The minimum Gasteiger partial charge on any atom is -0.350 e. The monoisotopic (exact) mass is 259 g/mol. The average Bonchev–Trinajstić information content (AvgIpc) is 2.68. The van der Waals surface area contributed by atoms with Crippen molar-refractivity contribution in [3.05, 3.63) is 28.1 Å². The van der Waals surface area contributed by atoms with E-state index in [1.807, 2.05) is 6.92 Å². The lowest BCUT2D eigenvalue weighted by Gasteiger charge is -2.09. The van der Waals surface area contributed by atoms with Crippen LogP contribution in [0.3, 0.4) is 0 Å². The number of hydrogen-bond acceptors (Lipinski definition) is 3. The Kier molecular flexibility index (Phi) is 4.51. The van der Waals surface area contributed by atoms with E-state index in [1.165, 1.54) is 16.8 Å². The van der Waals surface area contributed by atoms with Gasteiger partial charge in [0.05, 0.1) is 11.1 Å². The van der Waals surface area contributed by atoms with Crippen molar-refractivity contribution >= 4 is 23.2 Å². The quantitative estimate of drug-likeness (QED) is 0.495. The highest BCUT2D eigenvalue weighted by Gasteiger charge is 2.17. The van der Waals surface area contributed by atoms with Crippen LogP contribution in [0, 0.1) is 16.0 Å². The van der Waals surface area contributed by atoms with Crippen molar-refractivity contribution in [1.29, 1.82) is 0 Å². The summed E-state index contributed by atoms with van der Waals surface area (Å²) in [5, 5.41) is 13.2. The summed E-state index contributed by atoms with van der Waals surface area (Å²) in [6.07, 6.45) is 1.31. The van der Waals surface area contributed by atoms with Crippen LogP contribution >= 0.6 is 11.6 Å². The highest BCUT2D eigenvalue weighted by atomic mass is 35.5. The van der Waals surface area contributed by atoms with Crippen molar-refractivity contribution in [3.8, 4) is 0 Å². The molecule has 1 unspecified atom stereocenters. The van der Waals surface area contributed by atoms with Crippen molar-refractivity contribution in [2.75, 3.05) is 12.4 Å². The molecule has 1 rings (SSSR count). The molecular weight excluding hydrogens is 246 g/mol. The van der Waals surface area contributed by atoms with Crippen LogP contribution in [-0.4, -0.2) is 27.8 Å². The number of halogens is 1. The SMILES string of the molecule is CC(CCl)CNC(=O)c1cc([N+](=O)[O-])cn1C. The first-order valence-electron chi connectivity index (χ1n) is 5.10. The van der Waals surface area contributed by atoms with Gasteiger partial charge in [-0.3, -0.25) is 14.9 Å². The van der Waals surface area contributed by atoms with E-state index in [0.717, 1.165) is 0 Å². The molecule has 0 aliphatic heterocycles. The van der Waals surface area contributed by atoms with Gasteiger partial charge in [-0.25, -0.2) is 0 Å². The zero-order chi connectivity index (χ0) is 13.0. The smallest absolute Gasteiger partial charge is 0.287 e. The van der Waals surface area contributed by atoms with Crippen LogP contribution in [0.5, 0.6) is 0 Å². The molecule has 0 aromatic carbocycles. The van der Waals surface area contributed by atoms with E-state index in [1.54, 1.807) is 7.05 Å². The number of amides is 1. The van der Waals surface area contributed by atoms with Gasteiger partial charge in [0.25, 0.3) is 11.6 Å². The van der Waals surface area contributed by atoms with Crippen molar-refractivity contribution < 1.29 is 9.72 Å². The summed E-state index contributed by atoms with van der Waals surface area (Å²) < 4.78 is 1.43. The molecular formula is C10H14ClN3O3. The lowest BCUT2D eigenvalue weighted by molar-refractivity contribution is -0.384. The lowest BCUT2D eigenvalue weighted by atomic mass is 10.2. The number of alkyl halides is 1. The molecule has 17 heavy (non-hydrogen) atoms. The summed E-state index contributed by atoms with van der Waals surface area (Å²) in [7, 11) is 1.59. The zero-order valence-corrected chi connectivity index (χ0v) is 10.4. The van der Waals surface area contributed by atoms with Gasteiger partial charge in [-0.2, -0.15) is 0 Å². The number of hydrogen-bond donors (Lipinski definition) is 1. The molecule has 7 heteroatoms. The topological polar surface area (TPSA) is 77.2 Å². The van der Waals surface area contributed by atoms with Crippen LogP contribution < -0.4 is 5.32 Å². The molecule has 1 amide bonds. The highest BCUT2D eigenvalue weighted by Crippen LogP contribution is 2.15. The Labute approximate surface area is 104 Å². The molecule has 1 atom stereocenters. The van der Waals surface area contributed by atoms with E-state index in [9.17, 15) is 14.9 Å². The fourth-order valence-corrected chi connectivity index (χ4v) is 1.39. The molecule has 1 aromatic rings. The molecule has 0 aliphatic carbocycles. The van der Waals surface area contributed by atoms with Crippen molar-refractivity contribution in [2.45, 2.75) is 6.92 Å². The lowest BCUT2D eigenvalue weighted by Crippen LogP contribution is -2.30. The Morgan fingerprint density at radius 3 is 2.82 bits per heavy atom. The van der Waals surface area contributed by atoms with Gasteiger partial charge in [-0.15, -0.1) is 11.6 Å². The molecule has 0 saturated heterocycles. The first-order chi connectivity index (χ1) is 7.95. The molecule has 1 heterocycles. The molecule has 1 aromatic heterocycles. The third-order valence-electron chi connectivity index (χ3n) is 2.31. The molecule has 1 N–H and O–H groups in total. The molecule has 0 saturated carbocycles. The van der Waals surface area contributed by atoms with Crippen LogP contribution in [0.2, 0.25) is 0 Å². The normalized spacial score (nSPS) is 12.2. The zero-order valence-electron chi connectivity index (χ0n) is 9.64. The van der Waals surface area contributed by atoms with Gasteiger partial charge >= 0.3 is 0 Å². The summed E-state index contributed by atoms with van der Waals surface area (Å²) in [4.78, 5) is 21.7. The van der Waals surface area contributed by atoms with Crippen molar-refractivity contribution in [3.63, 3.8) is 0 Å². The number of nitrogens with zero attached hydrogens (tertiary/aromatic N) is 2. The van der Waals surface area contributed by atoms with Crippen molar-refractivity contribution in [2.24, 2.45) is 13.0 Å². The number of aryl methyl sites for hydroxylation is 1. The van der Waals surface area contributed by atoms with Gasteiger partial charge < -0.3 is 9.88 Å². The molecule has 0 aliphatic rings. The van der Waals surface area contributed by atoms with Crippen LogP contribution in [-0.2, 0) is 7.05 Å². The van der Waals surface area contributed by atoms with E-state index in [0.29, 0.717) is 12.4 Å². The Balaban J connectivity index is 2.72. The number of nitro groups is 1. The van der Waals surface area contributed by atoms with Gasteiger partial charge in [0, 0.05) is 25.5 Å². The first-order valence-corrected chi connectivity index (χ1v) is 5.64. The van der Waals surface area contributed by atoms with E-state index >= 15 is 0 Å². The number of rotatable bonds is 5. The second-order valence-electron chi connectivity index (χ2n) is 3.92. The van der Waals surface area contributed by atoms with E-state index < -0.39 is 4.92 Å². The van der Waals surface area contributed by atoms with Crippen LogP contribution in [0.4, 0.5) is 5.69 Å². The third-order valence-corrected chi connectivity index (χ3v) is 2.84. The van der Waals surface area contributed by atoms with Gasteiger partial charge in [0.2, 0.25) is 0 Å². The Morgan fingerprint density at radius 1 is 1.71 bits per heavy atom. The maximum absolute atomic E-state index is 11.7. The molecule has 0 fully saturated rings. The number of aromatic nitrogens is 1. The minimum absolute atomic E-state index is 0.0944. The second kappa shape index (κ2) is 5.67. The van der Waals surface area contributed by atoms with Crippen LogP contribution in [0.1, 0.15) is 17.4 Å². The third kappa shape index (κ3) is 3.45. The molecule has 94 valence electrons. The van der Waals surface area contributed by atoms with Gasteiger partial charge in [0.1, 0.15) is 5.69 Å². The maximum Gasteiger partial charge on any atom is 0.287 e. The standard InChI is InChI=1S/C10H14ClN3O3/c1-7(4-11)5-12-10(15)9-3-8(14(16)17)6-13(9)2/h3,6-7H,4-5H2,1-2H3,(H,12,15). The summed E-state index contributed by atoms with van der Waals surface area (Å²) >= 11 is 5.61. The fourth-order valence-electron chi connectivity index (χ4n) is 1.28. The fraction of sp³-hybridized carbons (Fsp3) is 0.500. The van der Waals surface area contributed by atoms with Crippen LogP contribution in [0.25, 0.3) is 0 Å². The molecule has 6 nitrogen and oxygen atoms in total. The average molecular weight is 260 g/mol. The second-order valence-corrected chi connectivity index (χ2v) is 4.23. The summed E-state index contributed by atoms with van der Waals surface area (Å²) in [6, 6.07) is 1.25. The summed E-state index contributed by atoms with van der Waals surface area (Å²) in [6.45, 7) is 2.35. The van der Waals surface area contributed by atoms with Gasteiger partial charge in [0.15, 0.2) is 0 Å². The number of carbonyl (C=O) groups is 1. The maximum atomic E-state index is 11.7. The molecule has 0 spiro atoms. The Hall–Kier alpha value is -1.56. The summed E-state index contributed by atoms with van der Waals surface area (Å²) in [5.41, 5.74) is 0.168. The predicted octanol–water partition coefficient (Wildman–Crippen LogP) is 1.54. The van der Waals surface area contributed by atoms with Crippen molar-refractivity contribution in [1.82, 2.24) is 9.88 Å².